The van der Waals surface area contributed by atoms with E-state index < -0.39 is 5.97 Å². The summed E-state index contributed by atoms with van der Waals surface area (Å²) in [6.07, 6.45) is 2.05. The van der Waals surface area contributed by atoms with Gasteiger partial charge >= 0.3 is 5.97 Å². The van der Waals surface area contributed by atoms with Crippen LogP contribution in [0.25, 0.3) is 0 Å². The fraction of sp³-hybridized carbons (Fsp3) is 0.500. The molecular formula is C8H11N3O2. The summed E-state index contributed by atoms with van der Waals surface area (Å²) in [7, 11) is 1.66. The molecule has 0 aromatic carbocycles. The second-order valence-corrected chi connectivity index (χ2v) is 3.35. The molecule has 1 fully saturated rings. The van der Waals surface area contributed by atoms with Crippen molar-refractivity contribution in [3.8, 4) is 0 Å². The zero-order valence-electron chi connectivity index (χ0n) is 7.32. The van der Waals surface area contributed by atoms with Crippen LogP contribution in [-0.2, 0) is 7.05 Å². The number of nitrogens with zero attached hydrogens (tertiary/aromatic N) is 2. The van der Waals surface area contributed by atoms with Crippen LogP contribution in [-0.4, -0.2) is 20.9 Å². The molecule has 0 amide bonds. The lowest BCUT2D eigenvalue weighted by Crippen LogP contribution is -2.01. The highest BCUT2D eigenvalue weighted by Crippen LogP contribution is 2.44. The van der Waals surface area contributed by atoms with E-state index in [0.717, 1.165) is 18.4 Å². The Morgan fingerprint density at radius 2 is 2.31 bits per heavy atom. The van der Waals surface area contributed by atoms with Crippen molar-refractivity contribution in [2.75, 3.05) is 5.73 Å². The molecule has 0 atom stereocenters. The first kappa shape index (κ1) is 8.10. The quantitative estimate of drug-likeness (QED) is 0.699. The minimum absolute atomic E-state index is 0.113. The maximum atomic E-state index is 10.8. The minimum atomic E-state index is -0.991. The summed E-state index contributed by atoms with van der Waals surface area (Å²) < 4.78 is 1.43. The highest BCUT2D eigenvalue weighted by atomic mass is 16.4. The van der Waals surface area contributed by atoms with Gasteiger partial charge in [-0.25, -0.2) is 4.79 Å². The smallest absolute Gasteiger partial charge is 0.356 e. The van der Waals surface area contributed by atoms with Crippen LogP contribution in [0, 0.1) is 0 Å². The average Bonchev–Trinajstić information content (AvgIpc) is 2.82. The molecule has 1 saturated carbocycles. The Morgan fingerprint density at radius 3 is 2.77 bits per heavy atom. The molecule has 5 heteroatoms. The van der Waals surface area contributed by atoms with Gasteiger partial charge in [0.2, 0.25) is 0 Å². The number of nitrogens with two attached hydrogens (primary N) is 1. The van der Waals surface area contributed by atoms with Crippen molar-refractivity contribution in [3.63, 3.8) is 0 Å². The Labute approximate surface area is 75.2 Å². The first-order chi connectivity index (χ1) is 6.11. The van der Waals surface area contributed by atoms with E-state index in [2.05, 4.69) is 5.10 Å². The molecule has 2 rings (SSSR count). The summed E-state index contributed by atoms with van der Waals surface area (Å²) in [5.74, 6) is -0.186. The first-order valence-electron chi connectivity index (χ1n) is 4.17. The Bertz CT molecular complexity index is 366. The molecule has 1 aliphatic carbocycles. The van der Waals surface area contributed by atoms with Crippen molar-refractivity contribution in [2.45, 2.75) is 18.8 Å². The molecule has 13 heavy (non-hydrogen) atoms. The number of carbonyl (C=O) groups is 1. The van der Waals surface area contributed by atoms with Gasteiger partial charge in [0.15, 0.2) is 5.69 Å². The number of nitrogen functional groups attached to an aromatic ring is 1. The van der Waals surface area contributed by atoms with E-state index in [0.29, 0.717) is 11.7 Å². The second-order valence-electron chi connectivity index (χ2n) is 3.35. The van der Waals surface area contributed by atoms with Gasteiger partial charge in [0.05, 0.1) is 0 Å². The van der Waals surface area contributed by atoms with Crippen LogP contribution in [0.4, 0.5) is 5.82 Å². The molecule has 1 aromatic rings. The van der Waals surface area contributed by atoms with Gasteiger partial charge in [0, 0.05) is 12.6 Å². The third kappa shape index (κ3) is 1.16. The summed E-state index contributed by atoms with van der Waals surface area (Å²) in [4.78, 5) is 10.8. The number of aryl methyl sites for hydroxylation is 1. The Morgan fingerprint density at radius 1 is 1.69 bits per heavy atom. The van der Waals surface area contributed by atoms with Gasteiger partial charge in [-0.2, -0.15) is 5.10 Å². The largest absolute Gasteiger partial charge is 0.476 e. The molecular weight excluding hydrogens is 170 g/mol. The summed E-state index contributed by atoms with van der Waals surface area (Å²) in [6, 6.07) is 0. The zero-order valence-corrected chi connectivity index (χ0v) is 7.32. The summed E-state index contributed by atoms with van der Waals surface area (Å²) in [6.45, 7) is 0. The van der Waals surface area contributed by atoms with Crippen molar-refractivity contribution < 1.29 is 9.90 Å². The SMILES string of the molecule is Cn1nc(C(=O)O)c(C2CC2)c1N. The van der Waals surface area contributed by atoms with Gasteiger partial charge in [0.1, 0.15) is 5.82 Å². The number of hydrogen-bond acceptors (Lipinski definition) is 3. The molecule has 1 heterocycles. The van der Waals surface area contributed by atoms with Gasteiger partial charge in [0.25, 0.3) is 0 Å². The number of carboxylic acids is 1. The fourth-order valence-corrected chi connectivity index (χ4v) is 1.49. The van der Waals surface area contributed by atoms with Crippen LogP contribution in [0.3, 0.4) is 0 Å². The van der Waals surface area contributed by atoms with Crippen LogP contribution in [0.5, 0.6) is 0 Å². The predicted octanol–water partition coefficient (Wildman–Crippen LogP) is 0.578. The molecule has 70 valence electrons. The van der Waals surface area contributed by atoms with E-state index in [9.17, 15) is 4.79 Å². The van der Waals surface area contributed by atoms with E-state index >= 15 is 0 Å². The lowest BCUT2D eigenvalue weighted by atomic mass is 10.1. The molecule has 1 aliphatic rings. The van der Waals surface area contributed by atoms with Gasteiger partial charge < -0.3 is 10.8 Å². The van der Waals surface area contributed by atoms with Crippen LogP contribution in [0.2, 0.25) is 0 Å². The minimum Gasteiger partial charge on any atom is -0.476 e. The summed E-state index contributed by atoms with van der Waals surface area (Å²) in [5.41, 5.74) is 6.55. The van der Waals surface area contributed by atoms with E-state index in [4.69, 9.17) is 10.8 Å². The molecule has 0 bridgehead atoms. The van der Waals surface area contributed by atoms with Crippen LogP contribution >= 0.6 is 0 Å². The molecule has 0 radical (unpaired) electrons. The van der Waals surface area contributed by atoms with Crippen LogP contribution in [0.1, 0.15) is 34.8 Å². The third-order valence-corrected chi connectivity index (χ3v) is 2.32. The van der Waals surface area contributed by atoms with Crippen molar-refractivity contribution in [2.24, 2.45) is 7.05 Å². The number of aromatic nitrogens is 2. The lowest BCUT2D eigenvalue weighted by molar-refractivity contribution is 0.0688. The maximum Gasteiger partial charge on any atom is 0.356 e. The van der Waals surface area contributed by atoms with Gasteiger partial charge in [-0.3, -0.25) is 4.68 Å². The normalized spacial score (nSPS) is 16.1. The number of aromatic carboxylic acids is 1. The third-order valence-electron chi connectivity index (χ3n) is 2.32. The summed E-state index contributed by atoms with van der Waals surface area (Å²) in [5, 5.41) is 12.7. The van der Waals surface area contributed by atoms with E-state index in [1.54, 1.807) is 7.05 Å². The van der Waals surface area contributed by atoms with Crippen molar-refractivity contribution >= 4 is 11.8 Å². The number of rotatable bonds is 2. The fourth-order valence-electron chi connectivity index (χ4n) is 1.49. The molecule has 0 spiro atoms. The zero-order chi connectivity index (χ0) is 9.59. The molecule has 5 nitrogen and oxygen atoms in total. The average molecular weight is 181 g/mol. The molecule has 1 aromatic heterocycles. The predicted molar refractivity (Wildman–Crippen MR) is 46.6 cm³/mol. The van der Waals surface area contributed by atoms with Gasteiger partial charge in [-0.1, -0.05) is 0 Å². The van der Waals surface area contributed by atoms with Crippen molar-refractivity contribution in [1.82, 2.24) is 9.78 Å². The first-order valence-corrected chi connectivity index (χ1v) is 4.17. The Balaban J connectivity index is 2.54. The number of anilines is 1. The number of hydrogen-bond donors (Lipinski definition) is 2. The van der Waals surface area contributed by atoms with Crippen molar-refractivity contribution in [3.05, 3.63) is 11.3 Å². The van der Waals surface area contributed by atoms with Crippen LogP contribution in [0.15, 0.2) is 0 Å². The standard InChI is InChI=1S/C8H11N3O2/c1-11-7(9)5(4-2-3-4)6(10-11)8(12)13/h4H,2-3,9H2,1H3,(H,12,13). The highest BCUT2D eigenvalue weighted by Gasteiger charge is 2.33. The lowest BCUT2D eigenvalue weighted by Gasteiger charge is -1.96. The van der Waals surface area contributed by atoms with Gasteiger partial charge in [-0.15, -0.1) is 0 Å². The van der Waals surface area contributed by atoms with Crippen molar-refractivity contribution in [1.29, 1.82) is 0 Å². The number of carboxylic acid groups (broad SMARTS) is 1. The van der Waals surface area contributed by atoms with Crippen LogP contribution < -0.4 is 5.73 Å². The Hall–Kier alpha value is -1.52. The second kappa shape index (κ2) is 2.48. The molecule has 0 saturated heterocycles. The van der Waals surface area contributed by atoms with E-state index in [1.165, 1.54) is 4.68 Å². The highest BCUT2D eigenvalue weighted by molar-refractivity contribution is 5.89. The van der Waals surface area contributed by atoms with Gasteiger partial charge in [-0.05, 0) is 18.8 Å². The topological polar surface area (TPSA) is 81.1 Å². The molecule has 0 unspecified atom stereocenters. The maximum absolute atomic E-state index is 10.8. The van der Waals surface area contributed by atoms with E-state index in [1.807, 2.05) is 0 Å². The summed E-state index contributed by atoms with van der Waals surface area (Å²) >= 11 is 0. The monoisotopic (exact) mass is 181 g/mol. The molecule has 0 aliphatic heterocycles. The molecule has 3 N–H and O–H groups in total. The Kier molecular flexibility index (Phi) is 1.55. The van der Waals surface area contributed by atoms with E-state index in [-0.39, 0.29) is 5.69 Å².